The maximum absolute atomic E-state index is 6.30. The van der Waals surface area contributed by atoms with Gasteiger partial charge in [0, 0.05) is 10.8 Å². The number of rotatable bonds is 10. The first-order valence-electron chi connectivity index (χ1n) is 13.5. The highest BCUT2D eigenvalue weighted by Gasteiger charge is 2.14. The Kier molecular flexibility index (Phi) is 7.50. The van der Waals surface area contributed by atoms with Crippen molar-refractivity contribution in [2.75, 3.05) is 13.2 Å². The fourth-order valence-corrected chi connectivity index (χ4v) is 4.82. The summed E-state index contributed by atoms with van der Waals surface area (Å²) in [4.78, 5) is 0. The molecule has 1 heterocycles. The van der Waals surface area contributed by atoms with Gasteiger partial charge in [0.05, 0.1) is 13.2 Å². The average molecular weight is 493 g/mol. The van der Waals surface area contributed by atoms with Crippen molar-refractivity contribution in [3.8, 4) is 33.8 Å². The van der Waals surface area contributed by atoms with E-state index >= 15 is 0 Å². The van der Waals surface area contributed by atoms with E-state index in [1.165, 1.54) is 33.4 Å². The van der Waals surface area contributed by atoms with Crippen LogP contribution >= 0.6 is 0 Å². The third kappa shape index (κ3) is 5.36. The highest BCUT2D eigenvalue weighted by atomic mass is 16.5. The maximum atomic E-state index is 6.30. The Labute approximate surface area is 220 Å². The number of fused-ring (bicyclic) bond motifs is 3. The predicted molar refractivity (Wildman–Crippen MR) is 155 cm³/mol. The molecule has 0 aliphatic carbocycles. The molecule has 0 atom stereocenters. The molecule has 0 amide bonds. The van der Waals surface area contributed by atoms with Gasteiger partial charge in [-0.1, -0.05) is 51.0 Å². The smallest absolute Gasteiger partial charge is 0.135 e. The van der Waals surface area contributed by atoms with Crippen LogP contribution in [-0.2, 0) is 0 Å². The lowest BCUT2D eigenvalue weighted by Crippen LogP contribution is -1.96. The third-order valence-corrected chi connectivity index (χ3v) is 7.03. The van der Waals surface area contributed by atoms with Gasteiger partial charge in [-0.3, -0.25) is 0 Å². The Morgan fingerprint density at radius 3 is 1.35 bits per heavy atom. The SMILES string of the molecule is CCCCOc1ccc(-c2cc3c(cc2C)oc2cc(C)c(-c4ccc(OCCCC)cc4)cc23)cc1. The zero-order valence-corrected chi connectivity index (χ0v) is 22.4. The molecule has 0 aliphatic heterocycles. The Bertz CT molecular complexity index is 1380. The monoisotopic (exact) mass is 492 g/mol. The molecule has 37 heavy (non-hydrogen) atoms. The largest absolute Gasteiger partial charge is 0.494 e. The summed E-state index contributed by atoms with van der Waals surface area (Å²) in [6, 6.07) is 25.7. The topological polar surface area (TPSA) is 31.6 Å². The van der Waals surface area contributed by atoms with Crippen LogP contribution in [0.5, 0.6) is 11.5 Å². The summed E-state index contributed by atoms with van der Waals surface area (Å²) >= 11 is 0. The normalized spacial score (nSPS) is 11.4. The van der Waals surface area contributed by atoms with Gasteiger partial charge in [-0.05, 0) is 109 Å². The van der Waals surface area contributed by atoms with Gasteiger partial charge in [-0.25, -0.2) is 0 Å². The Hall–Kier alpha value is -3.72. The van der Waals surface area contributed by atoms with Crippen molar-refractivity contribution >= 4 is 21.9 Å². The lowest BCUT2D eigenvalue weighted by Gasteiger charge is -2.10. The Morgan fingerprint density at radius 2 is 0.973 bits per heavy atom. The van der Waals surface area contributed by atoms with E-state index in [0.717, 1.165) is 72.3 Å². The fraction of sp³-hybridized carbons (Fsp3) is 0.294. The van der Waals surface area contributed by atoms with Crippen molar-refractivity contribution in [1.82, 2.24) is 0 Å². The van der Waals surface area contributed by atoms with E-state index in [-0.39, 0.29) is 0 Å². The molecular weight excluding hydrogens is 456 g/mol. The quantitative estimate of drug-likeness (QED) is 0.182. The van der Waals surface area contributed by atoms with E-state index in [9.17, 15) is 0 Å². The van der Waals surface area contributed by atoms with Gasteiger partial charge in [0.15, 0.2) is 0 Å². The first kappa shape index (κ1) is 25.0. The van der Waals surface area contributed by atoms with E-state index in [4.69, 9.17) is 13.9 Å². The second-order valence-electron chi connectivity index (χ2n) is 9.88. The molecular formula is C34H36O3. The van der Waals surface area contributed by atoms with Crippen molar-refractivity contribution < 1.29 is 13.9 Å². The maximum Gasteiger partial charge on any atom is 0.135 e. The molecule has 1 aromatic heterocycles. The van der Waals surface area contributed by atoms with Crippen LogP contribution in [-0.4, -0.2) is 13.2 Å². The van der Waals surface area contributed by atoms with Crippen LogP contribution in [0.25, 0.3) is 44.2 Å². The van der Waals surface area contributed by atoms with Crippen LogP contribution in [0.2, 0.25) is 0 Å². The van der Waals surface area contributed by atoms with E-state index < -0.39 is 0 Å². The van der Waals surface area contributed by atoms with E-state index in [0.29, 0.717) is 0 Å². The molecule has 190 valence electrons. The standard InChI is InChI=1S/C34H36O3/c1-5-7-17-35-27-13-9-25(10-14-27)29-21-31-32-22-30(24(4)20-34(32)37-33(31)19-23(29)3)26-11-15-28(16-12-26)36-18-8-6-2/h9-16,19-22H,5-8,17-18H2,1-4H3. The summed E-state index contributed by atoms with van der Waals surface area (Å²) < 4.78 is 18.0. The summed E-state index contributed by atoms with van der Waals surface area (Å²) in [6.07, 6.45) is 4.42. The molecule has 3 nitrogen and oxygen atoms in total. The Morgan fingerprint density at radius 1 is 0.568 bits per heavy atom. The van der Waals surface area contributed by atoms with Crippen LogP contribution in [0.3, 0.4) is 0 Å². The second-order valence-corrected chi connectivity index (χ2v) is 9.88. The molecule has 0 fully saturated rings. The zero-order valence-electron chi connectivity index (χ0n) is 22.4. The van der Waals surface area contributed by atoms with Gasteiger partial charge < -0.3 is 13.9 Å². The molecule has 3 heteroatoms. The number of hydrogen-bond donors (Lipinski definition) is 0. The van der Waals surface area contributed by atoms with Crippen molar-refractivity contribution in [1.29, 1.82) is 0 Å². The molecule has 5 rings (SSSR count). The van der Waals surface area contributed by atoms with Crippen LogP contribution in [0.15, 0.2) is 77.2 Å². The van der Waals surface area contributed by atoms with Crippen molar-refractivity contribution in [2.45, 2.75) is 53.4 Å². The van der Waals surface area contributed by atoms with Gasteiger partial charge in [-0.15, -0.1) is 0 Å². The number of furan rings is 1. The summed E-state index contributed by atoms with van der Waals surface area (Å²) in [7, 11) is 0. The van der Waals surface area contributed by atoms with Gasteiger partial charge in [0.25, 0.3) is 0 Å². The number of hydrogen-bond acceptors (Lipinski definition) is 3. The highest BCUT2D eigenvalue weighted by Crippen LogP contribution is 2.38. The highest BCUT2D eigenvalue weighted by molar-refractivity contribution is 6.08. The minimum atomic E-state index is 0.762. The first-order valence-corrected chi connectivity index (χ1v) is 13.5. The van der Waals surface area contributed by atoms with Gasteiger partial charge >= 0.3 is 0 Å². The van der Waals surface area contributed by atoms with Crippen LogP contribution in [0.4, 0.5) is 0 Å². The Balaban J connectivity index is 1.49. The molecule has 0 N–H and O–H groups in total. The summed E-state index contributed by atoms with van der Waals surface area (Å²) in [5.74, 6) is 1.85. The molecule has 0 radical (unpaired) electrons. The average Bonchev–Trinajstić information content (AvgIpc) is 3.24. The molecule has 0 saturated heterocycles. The zero-order chi connectivity index (χ0) is 25.8. The van der Waals surface area contributed by atoms with Crippen molar-refractivity contribution in [2.24, 2.45) is 0 Å². The molecule has 0 bridgehead atoms. The van der Waals surface area contributed by atoms with E-state index in [1.807, 2.05) is 0 Å². The second kappa shape index (κ2) is 11.1. The first-order chi connectivity index (χ1) is 18.1. The van der Waals surface area contributed by atoms with Crippen LogP contribution in [0.1, 0.15) is 50.7 Å². The van der Waals surface area contributed by atoms with E-state index in [2.05, 4.69) is 100 Å². The number of ether oxygens (including phenoxy) is 2. The number of aryl methyl sites for hydroxylation is 2. The molecule has 5 aromatic rings. The van der Waals surface area contributed by atoms with Crippen LogP contribution in [0, 0.1) is 13.8 Å². The summed E-state index contributed by atoms with van der Waals surface area (Å²) in [5, 5.41) is 2.28. The van der Waals surface area contributed by atoms with Gasteiger partial charge in [0.1, 0.15) is 22.7 Å². The third-order valence-electron chi connectivity index (χ3n) is 7.03. The minimum Gasteiger partial charge on any atom is -0.494 e. The van der Waals surface area contributed by atoms with Crippen molar-refractivity contribution in [3.63, 3.8) is 0 Å². The number of benzene rings is 4. The number of unbranched alkanes of at least 4 members (excludes halogenated alkanes) is 2. The lowest BCUT2D eigenvalue weighted by atomic mass is 9.95. The fourth-order valence-electron chi connectivity index (χ4n) is 4.82. The summed E-state index contributed by atoms with van der Waals surface area (Å²) in [6.45, 7) is 10.2. The summed E-state index contributed by atoms with van der Waals surface area (Å²) in [5.41, 5.74) is 9.03. The molecule has 0 unspecified atom stereocenters. The predicted octanol–water partition coefficient (Wildman–Crippen LogP) is 9.89. The lowest BCUT2D eigenvalue weighted by molar-refractivity contribution is 0.309. The van der Waals surface area contributed by atoms with Gasteiger partial charge in [-0.2, -0.15) is 0 Å². The van der Waals surface area contributed by atoms with Crippen LogP contribution < -0.4 is 9.47 Å². The van der Waals surface area contributed by atoms with Crippen molar-refractivity contribution in [3.05, 3.63) is 83.9 Å². The molecule has 4 aromatic carbocycles. The van der Waals surface area contributed by atoms with E-state index in [1.54, 1.807) is 0 Å². The molecule has 0 aliphatic rings. The molecule has 0 saturated carbocycles. The molecule has 0 spiro atoms. The minimum absolute atomic E-state index is 0.762. The van der Waals surface area contributed by atoms with Gasteiger partial charge in [0.2, 0.25) is 0 Å².